The molecule has 0 radical (unpaired) electrons. The summed E-state index contributed by atoms with van der Waals surface area (Å²) in [4.78, 5) is 0.0644. The van der Waals surface area contributed by atoms with Gasteiger partial charge in [0.15, 0.2) is 0 Å². The molecule has 0 aliphatic heterocycles. The average molecular weight is 329 g/mol. The Balaban J connectivity index is 2.20. The Labute approximate surface area is 130 Å². The van der Waals surface area contributed by atoms with Crippen molar-refractivity contribution < 1.29 is 8.42 Å². The highest BCUT2D eigenvalue weighted by Crippen LogP contribution is 2.39. The second kappa shape index (κ2) is 6.46. The first-order chi connectivity index (χ1) is 9.86. The highest BCUT2D eigenvalue weighted by atomic mass is 32.2. The van der Waals surface area contributed by atoms with Crippen LogP contribution in [0.25, 0.3) is 0 Å². The summed E-state index contributed by atoms with van der Waals surface area (Å²) in [5, 5.41) is 8.55. The van der Waals surface area contributed by atoms with E-state index >= 15 is 0 Å². The second-order valence-corrected chi connectivity index (χ2v) is 8.41. The lowest BCUT2D eigenvalue weighted by atomic mass is 9.88. The third kappa shape index (κ3) is 4.05. The van der Waals surface area contributed by atoms with E-state index in [-0.39, 0.29) is 9.64 Å². The van der Waals surface area contributed by atoms with Crippen molar-refractivity contribution in [1.29, 1.82) is 0 Å². The SMILES string of the molecule is CSC1(CNc2ccc(N)cc2S(N)(=O)=O)CCCCC1. The van der Waals surface area contributed by atoms with Gasteiger partial charge in [-0.1, -0.05) is 19.3 Å². The normalized spacial score (nSPS) is 18.4. The summed E-state index contributed by atoms with van der Waals surface area (Å²) in [5.74, 6) is 0. The van der Waals surface area contributed by atoms with Crippen LogP contribution in [0, 0.1) is 0 Å². The minimum atomic E-state index is -3.78. The molecule has 0 unspecified atom stereocenters. The predicted molar refractivity (Wildman–Crippen MR) is 90.0 cm³/mol. The van der Waals surface area contributed by atoms with Crippen molar-refractivity contribution in [1.82, 2.24) is 0 Å². The molecule has 118 valence electrons. The quantitative estimate of drug-likeness (QED) is 0.721. The van der Waals surface area contributed by atoms with Gasteiger partial charge in [-0.3, -0.25) is 0 Å². The van der Waals surface area contributed by atoms with E-state index in [2.05, 4.69) is 11.6 Å². The number of hydrogen-bond acceptors (Lipinski definition) is 5. The fourth-order valence-electron chi connectivity index (χ4n) is 2.83. The number of anilines is 2. The summed E-state index contributed by atoms with van der Waals surface area (Å²) < 4.78 is 23.5. The molecule has 5 N–H and O–H groups in total. The molecule has 0 saturated heterocycles. The summed E-state index contributed by atoms with van der Waals surface area (Å²) >= 11 is 1.86. The number of benzene rings is 1. The number of rotatable bonds is 5. The van der Waals surface area contributed by atoms with E-state index in [1.165, 1.54) is 25.3 Å². The number of nitrogens with one attached hydrogen (secondary N) is 1. The topological polar surface area (TPSA) is 98.2 Å². The minimum absolute atomic E-state index is 0.0644. The maximum absolute atomic E-state index is 11.7. The van der Waals surface area contributed by atoms with Gasteiger partial charge in [-0.2, -0.15) is 11.8 Å². The smallest absolute Gasteiger partial charge is 0.240 e. The van der Waals surface area contributed by atoms with Gasteiger partial charge in [0.2, 0.25) is 10.0 Å². The van der Waals surface area contributed by atoms with E-state index in [0.29, 0.717) is 11.4 Å². The maximum Gasteiger partial charge on any atom is 0.240 e. The predicted octanol–water partition coefficient (Wildman–Crippen LogP) is 2.39. The van der Waals surface area contributed by atoms with Crippen LogP contribution in [0.15, 0.2) is 23.1 Å². The van der Waals surface area contributed by atoms with Crippen LogP contribution in [0.2, 0.25) is 0 Å². The van der Waals surface area contributed by atoms with E-state index in [0.717, 1.165) is 19.4 Å². The van der Waals surface area contributed by atoms with Crippen molar-refractivity contribution in [3.05, 3.63) is 18.2 Å². The van der Waals surface area contributed by atoms with Crippen LogP contribution in [0.5, 0.6) is 0 Å². The van der Waals surface area contributed by atoms with Crippen LogP contribution in [0.4, 0.5) is 11.4 Å². The lowest BCUT2D eigenvalue weighted by Gasteiger charge is -2.36. The Morgan fingerprint density at radius 1 is 1.29 bits per heavy atom. The van der Waals surface area contributed by atoms with Gasteiger partial charge in [0.1, 0.15) is 4.90 Å². The van der Waals surface area contributed by atoms with Crippen molar-refractivity contribution in [2.24, 2.45) is 5.14 Å². The Morgan fingerprint density at radius 2 is 1.95 bits per heavy atom. The van der Waals surface area contributed by atoms with Crippen molar-refractivity contribution >= 4 is 33.2 Å². The molecule has 1 saturated carbocycles. The highest BCUT2D eigenvalue weighted by Gasteiger charge is 2.31. The first-order valence-corrected chi connectivity index (χ1v) is 9.85. The molecular weight excluding hydrogens is 306 g/mol. The highest BCUT2D eigenvalue weighted by molar-refractivity contribution is 8.00. The zero-order valence-electron chi connectivity index (χ0n) is 12.3. The minimum Gasteiger partial charge on any atom is -0.399 e. The summed E-state index contributed by atoms with van der Waals surface area (Å²) in [6, 6.07) is 4.78. The Hall–Kier alpha value is -0.920. The Bertz CT molecular complexity index is 596. The van der Waals surface area contributed by atoms with Gasteiger partial charge in [0, 0.05) is 17.0 Å². The van der Waals surface area contributed by atoms with Gasteiger partial charge in [0.25, 0.3) is 0 Å². The van der Waals surface area contributed by atoms with Crippen LogP contribution in [-0.2, 0) is 10.0 Å². The largest absolute Gasteiger partial charge is 0.399 e. The molecule has 1 aromatic rings. The molecule has 7 heteroatoms. The van der Waals surface area contributed by atoms with E-state index < -0.39 is 10.0 Å². The molecule has 0 amide bonds. The van der Waals surface area contributed by atoms with Crippen LogP contribution in [0.3, 0.4) is 0 Å². The lowest BCUT2D eigenvalue weighted by Crippen LogP contribution is -2.36. The first kappa shape index (κ1) is 16.5. The molecule has 5 nitrogen and oxygen atoms in total. The van der Waals surface area contributed by atoms with Gasteiger partial charge in [-0.05, 0) is 37.3 Å². The average Bonchev–Trinajstić information content (AvgIpc) is 2.46. The van der Waals surface area contributed by atoms with Crippen molar-refractivity contribution in [2.45, 2.75) is 41.7 Å². The molecule has 21 heavy (non-hydrogen) atoms. The fraction of sp³-hybridized carbons (Fsp3) is 0.571. The number of primary sulfonamides is 1. The number of sulfonamides is 1. The third-order valence-corrected chi connectivity index (χ3v) is 6.48. The van der Waals surface area contributed by atoms with Gasteiger partial charge >= 0.3 is 0 Å². The van der Waals surface area contributed by atoms with E-state index in [9.17, 15) is 8.42 Å². The molecule has 1 aliphatic rings. The fourth-order valence-corrected chi connectivity index (χ4v) is 4.49. The van der Waals surface area contributed by atoms with Gasteiger partial charge in [-0.25, -0.2) is 13.6 Å². The van der Waals surface area contributed by atoms with Crippen molar-refractivity contribution in [3.8, 4) is 0 Å². The Morgan fingerprint density at radius 3 is 2.52 bits per heavy atom. The molecule has 0 spiro atoms. The monoisotopic (exact) mass is 329 g/mol. The molecule has 1 aliphatic carbocycles. The zero-order chi connectivity index (χ0) is 15.5. The van der Waals surface area contributed by atoms with Crippen LogP contribution in [0.1, 0.15) is 32.1 Å². The van der Waals surface area contributed by atoms with E-state index in [1.807, 2.05) is 11.8 Å². The molecule has 0 heterocycles. The van der Waals surface area contributed by atoms with Crippen LogP contribution < -0.4 is 16.2 Å². The molecule has 1 aromatic carbocycles. The molecule has 2 rings (SSSR count). The third-order valence-electron chi connectivity index (χ3n) is 4.11. The van der Waals surface area contributed by atoms with Crippen LogP contribution in [-0.4, -0.2) is 26.0 Å². The number of nitrogens with two attached hydrogens (primary N) is 2. The molecule has 0 bridgehead atoms. The molecule has 1 fully saturated rings. The van der Waals surface area contributed by atoms with Gasteiger partial charge in [-0.15, -0.1) is 0 Å². The van der Waals surface area contributed by atoms with Crippen molar-refractivity contribution in [2.75, 3.05) is 23.9 Å². The standard InChI is InChI=1S/C14H23N3O2S2/c1-20-14(7-3-2-4-8-14)10-17-12-6-5-11(15)9-13(12)21(16,18)19/h5-6,9,17H,2-4,7-8,10,15H2,1H3,(H2,16,18,19). The summed E-state index contributed by atoms with van der Waals surface area (Å²) in [7, 11) is -3.78. The summed E-state index contributed by atoms with van der Waals surface area (Å²) in [6.45, 7) is 0.737. The van der Waals surface area contributed by atoms with Gasteiger partial charge in [0.05, 0.1) is 5.69 Å². The zero-order valence-corrected chi connectivity index (χ0v) is 13.9. The number of nitrogen functional groups attached to an aromatic ring is 1. The number of thioether (sulfide) groups is 1. The summed E-state index contributed by atoms with van der Waals surface area (Å²) in [6.07, 6.45) is 8.17. The maximum atomic E-state index is 11.7. The molecular formula is C14H23N3O2S2. The molecule has 0 atom stereocenters. The Kier molecular flexibility index (Phi) is 5.06. The lowest BCUT2D eigenvalue weighted by molar-refractivity contribution is 0.411. The van der Waals surface area contributed by atoms with E-state index in [4.69, 9.17) is 10.9 Å². The van der Waals surface area contributed by atoms with Crippen molar-refractivity contribution in [3.63, 3.8) is 0 Å². The van der Waals surface area contributed by atoms with Crippen LogP contribution >= 0.6 is 11.8 Å². The van der Waals surface area contributed by atoms with Gasteiger partial charge < -0.3 is 11.1 Å². The number of hydrogen-bond donors (Lipinski definition) is 3. The molecule has 0 aromatic heterocycles. The second-order valence-electron chi connectivity index (χ2n) is 5.60. The first-order valence-electron chi connectivity index (χ1n) is 7.08. The van der Waals surface area contributed by atoms with E-state index in [1.54, 1.807) is 12.1 Å². The summed E-state index contributed by atoms with van der Waals surface area (Å²) in [5.41, 5.74) is 6.59.